The van der Waals surface area contributed by atoms with E-state index in [1.807, 2.05) is 56.3 Å². The van der Waals surface area contributed by atoms with Crippen LogP contribution >= 0.6 is 0 Å². The van der Waals surface area contributed by atoms with E-state index in [4.69, 9.17) is 9.47 Å². The standard InChI is InChI=1S/C23H27N3O3/c1-5-18-8-6-7-16(2)22(18)26-23(27)19(14-24)15-25-12-11-17-9-10-20(28-3)21(13-17)29-4/h6-10,13,15,25H,5,11-12H2,1-4H3,(H,26,27)/b19-15-. The zero-order valence-corrected chi connectivity index (χ0v) is 17.3. The number of ether oxygens (including phenoxy) is 2. The summed E-state index contributed by atoms with van der Waals surface area (Å²) in [5, 5.41) is 15.3. The van der Waals surface area contributed by atoms with Gasteiger partial charge in [-0.25, -0.2) is 0 Å². The summed E-state index contributed by atoms with van der Waals surface area (Å²) < 4.78 is 10.5. The van der Waals surface area contributed by atoms with Gasteiger partial charge in [0.25, 0.3) is 5.91 Å². The molecule has 0 heterocycles. The Morgan fingerprint density at radius 2 is 1.93 bits per heavy atom. The van der Waals surface area contributed by atoms with E-state index in [-0.39, 0.29) is 5.57 Å². The highest BCUT2D eigenvalue weighted by molar-refractivity contribution is 6.07. The number of nitrogens with one attached hydrogen (secondary N) is 2. The molecule has 0 spiro atoms. The van der Waals surface area contributed by atoms with Crippen molar-refractivity contribution in [3.8, 4) is 17.6 Å². The first-order valence-electron chi connectivity index (χ1n) is 9.48. The largest absolute Gasteiger partial charge is 0.493 e. The average molecular weight is 393 g/mol. The van der Waals surface area contributed by atoms with Crippen LogP contribution in [0.2, 0.25) is 0 Å². The minimum absolute atomic E-state index is 0.0302. The molecule has 6 heteroatoms. The zero-order valence-electron chi connectivity index (χ0n) is 17.3. The second-order valence-electron chi connectivity index (χ2n) is 6.48. The Kier molecular flexibility index (Phi) is 8.11. The maximum Gasteiger partial charge on any atom is 0.267 e. The number of para-hydroxylation sites is 1. The lowest BCUT2D eigenvalue weighted by Gasteiger charge is -2.12. The second-order valence-corrected chi connectivity index (χ2v) is 6.48. The number of rotatable bonds is 9. The van der Waals surface area contributed by atoms with Crippen LogP contribution in [-0.2, 0) is 17.6 Å². The SMILES string of the molecule is CCc1cccc(C)c1NC(=O)/C(C#N)=C\NCCc1ccc(OC)c(OC)c1. The summed E-state index contributed by atoms with van der Waals surface area (Å²) in [6.45, 7) is 4.53. The van der Waals surface area contributed by atoms with Gasteiger partial charge in [-0.2, -0.15) is 5.26 Å². The van der Waals surface area contributed by atoms with Crippen molar-refractivity contribution in [2.24, 2.45) is 0 Å². The van der Waals surface area contributed by atoms with Crippen LogP contribution in [0.1, 0.15) is 23.6 Å². The quantitative estimate of drug-likeness (QED) is 0.385. The van der Waals surface area contributed by atoms with E-state index in [9.17, 15) is 10.1 Å². The number of carbonyl (C=O) groups excluding carboxylic acids is 1. The van der Waals surface area contributed by atoms with Crippen molar-refractivity contribution in [1.82, 2.24) is 5.32 Å². The predicted molar refractivity (Wildman–Crippen MR) is 114 cm³/mol. The number of methoxy groups -OCH3 is 2. The number of anilines is 1. The van der Waals surface area contributed by atoms with Gasteiger partial charge in [-0.1, -0.05) is 31.2 Å². The van der Waals surface area contributed by atoms with Crippen molar-refractivity contribution < 1.29 is 14.3 Å². The van der Waals surface area contributed by atoms with Crippen molar-refractivity contribution in [3.63, 3.8) is 0 Å². The summed E-state index contributed by atoms with van der Waals surface area (Å²) >= 11 is 0. The van der Waals surface area contributed by atoms with E-state index in [1.54, 1.807) is 14.2 Å². The molecular weight excluding hydrogens is 366 g/mol. The van der Waals surface area contributed by atoms with Crippen LogP contribution in [0.5, 0.6) is 11.5 Å². The Balaban J connectivity index is 1.99. The Bertz CT molecular complexity index is 929. The predicted octanol–water partition coefficient (Wildman–Crippen LogP) is 3.75. The average Bonchev–Trinajstić information content (AvgIpc) is 2.74. The van der Waals surface area contributed by atoms with Crippen LogP contribution in [0.25, 0.3) is 0 Å². The summed E-state index contributed by atoms with van der Waals surface area (Å²) in [5.41, 5.74) is 3.86. The fourth-order valence-corrected chi connectivity index (χ4v) is 2.96. The molecule has 0 atom stereocenters. The number of aryl methyl sites for hydroxylation is 2. The molecule has 0 aliphatic heterocycles. The Labute approximate surface area is 172 Å². The highest BCUT2D eigenvalue weighted by atomic mass is 16.5. The first-order valence-corrected chi connectivity index (χ1v) is 9.48. The molecule has 2 aromatic rings. The van der Waals surface area contributed by atoms with Crippen LogP contribution in [-0.4, -0.2) is 26.7 Å². The molecule has 2 aromatic carbocycles. The Morgan fingerprint density at radius 1 is 1.17 bits per heavy atom. The highest BCUT2D eigenvalue weighted by Gasteiger charge is 2.13. The molecule has 0 unspecified atom stereocenters. The maximum atomic E-state index is 12.5. The minimum Gasteiger partial charge on any atom is -0.493 e. The van der Waals surface area contributed by atoms with Crippen LogP contribution in [0, 0.1) is 18.3 Å². The summed E-state index contributed by atoms with van der Waals surface area (Å²) in [6.07, 6.45) is 2.96. The zero-order chi connectivity index (χ0) is 21.2. The summed E-state index contributed by atoms with van der Waals surface area (Å²) in [4.78, 5) is 12.5. The molecule has 2 N–H and O–H groups in total. The molecule has 0 radical (unpaired) electrons. The van der Waals surface area contributed by atoms with Gasteiger partial charge in [-0.15, -0.1) is 0 Å². The van der Waals surface area contributed by atoms with E-state index >= 15 is 0 Å². The van der Waals surface area contributed by atoms with E-state index in [0.717, 1.165) is 28.8 Å². The summed E-state index contributed by atoms with van der Waals surface area (Å²) in [7, 11) is 3.19. The fraction of sp³-hybridized carbons (Fsp3) is 0.304. The molecule has 1 amide bonds. The number of benzene rings is 2. The molecule has 29 heavy (non-hydrogen) atoms. The van der Waals surface area contributed by atoms with Crippen molar-refractivity contribution in [2.75, 3.05) is 26.1 Å². The van der Waals surface area contributed by atoms with Gasteiger partial charge in [-0.3, -0.25) is 4.79 Å². The van der Waals surface area contributed by atoms with Crippen molar-refractivity contribution >= 4 is 11.6 Å². The summed E-state index contributed by atoms with van der Waals surface area (Å²) in [5.74, 6) is 0.924. The maximum absolute atomic E-state index is 12.5. The van der Waals surface area contributed by atoms with Crippen molar-refractivity contribution in [1.29, 1.82) is 5.26 Å². The van der Waals surface area contributed by atoms with Gasteiger partial charge in [0, 0.05) is 18.4 Å². The van der Waals surface area contributed by atoms with Gasteiger partial charge in [0.15, 0.2) is 11.5 Å². The van der Waals surface area contributed by atoms with Gasteiger partial charge in [0.1, 0.15) is 11.6 Å². The van der Waals surface area contributed by atoms with E-state index in [2.05, 4.69) is 10.6 Å². The Hall–Kier alpha value is -3.46. The van der Waals surface area contributed by atoms with Gasteiger partial charge in [0.05, 0.1) is 14.2 Å². The first-order chi connectivity index (χ1) is 14.0. The first kappa shape index (κ1) is 21.8. The van der Waals surface area contributed by atoms with Gasteiger partial charge in [0.2, 0.25) is 0 Å². The second kappa shape index (κ2) is 10.8. The molecule has 0 saturated carbocycles. The van der Waals surface area contributed by atoms with E-state index in [0.29, 0.717) is 24.5 Å². The van der Waals surface area contributed by atoms with Gasteiger partial charge >= 0.3 is 0 Å². The topological polar surface area (TPSA) is 83.4 Å². The van der Waals surface area contributed by atoms with Crippen molar-refractivity contribution in [3.05, 3.63) is 64.9 Å². The lowest BCUT2D eigenvalue weighted by Crippen LogP contribution is -2.19. The molecule has 0 aliphatic rings. The minimum atomic E-state index is -0.421. The molecule has 0 aromatic heterocycles. The van der Waals surface area contributed by atoms with Crippen LogP contribution in [0.3, 0.4) is 0 Å². The molecule has 6 nitrogen and oxygen atoms in total. The molecule has 0 saturated heterocycles. The molecule has 0 bridgehead atoms. The van der Waals surface area contributed by atoms with Crippen LogP contribution in [0.4, 0.5) is 5.69 Å². The third kappa shape index (κ3) is 5.76. The Morgan fingerprint density at radius 3 is 2.59 bits per heavy atom. The molecule has 2 rings (SSSR count). The summed E-state index contributed by atoms with van der Waals surface area (Å²) in [6, 6.07) is 13.5. The normalized spacial score (nSPS) is 10.8. The number of hydrogen-bond acceptors (Lipinski definition) is 5. The molecular formula is C23H27N3O3. The number of carbonyl (C=O) groups is 1. The van der Waals surface area contributed by atoms with E-state index < -0.39 is 5.91 Å². The van der Waals surface area contributed by atoms with E-state index in [1.165, 1.54) is 6.20 Å². The number of hydrogen-bond donors (Lipinski definition) is 2. The van der Waals surface area contributed by atoms with Gasteiger partial charge in [-0.05, 0) is 48.6 Å². The fourth-order valence-electron chi connectivity index (χ4n) is 2.96. The number of amides is 1. The van der Waals surface area contributed by atoms with Crippen LogP contribution < -0.4 is 20.1 Å². The smallest absolute Gasteiger partial charge is 0.267 e. The third-order valence-electron chi connectivity index (χ3n) is 4.60. The lowest BCUT2D eigenvalue weighted by atomic mass is 10.1. The monoisotopic (exact) mass is 393 g/mol. The number of nitriles is 1. The molecule has 0 fully saturated rings. The third-order valence-corrected chi connectivity index (χ3v) is 4.60. The van der Waals surface area contributed by atoms with Crippen LogP contribution in [0.15, 0.2) is 48.2 Å². The molecule has 152 valence electrons. The number of nitrogens with zero attached hydrogens (tertiary/aromatic N) is 1. The molecule has 0 aliphatic carbocycles. The van der Waals surface area contributed by atoms with Gasteiger partial charge < -0.3 is 20.1 Å². The highest BCUT2D eigenvalue weighted by Crippen LogP contribution is 2.27. The van der Waals surface area contributed by atoms with Crippen molar-refractivity contribution in [2.45, 2.75) is 26.7 Å². The lowest BCUT2D eigenvalue weighted by molar-refractivity contribution is -0.112.